The third-order valence-electron chi connectivity index (χ3n) is 6.27. The van der Waals surface area contributed by atoms with Crippen LogP contribution < -0.4 is 9.47 Å². The molecule has 7 heteroatoms. The van der Waals surface area contributed by atoms with Crippen LogP contribution in [-0.2, 0) is 20.9 Å². The van der Waals surface area contributed by atoms with Crippen molar-refractivity contribution in [3.05, 3.63) is 23.8 Å². The molecule has 3 rings (SSSR count). The summed E-state index contributed by atoms with van der Waals surface area (Å²) in [6.45, 7) is 4.94. The topological polar surface area (TPSA) is 68.3 Å². The van der Waals surface area contributed by atoms with E-state index in [0.29, 0.717) is 6.54 Å². The van der Waals surface area contributed by atoms with E-state index in [1.807, 2.05) is 30.0 Å². The molecule has 154 valence electrons. The number of likely N-dealkylation sites (tertiary alicyclic amines) is 2. The van der Waals surface area contributed by atoms with Gasteiger partial charge in [-0.25, -0.2) is 0 Å². The fourth-order valence-electron chi connectivity index (χ4n) is 4.81. The van der Waals surface area contributed by atoms with Gasteiger partial charge in [-0.2, -0.15) is 0 Å². The average molecular weight is 390 g/mol. The molecular weight excluding hydrogens is 360 g/mol. The molecule has 0 radical (unpaired) electrons. The zero-order valence-corrected chi connectivity index (χ0v) is 17.2. The molecule has 0 saturated carbocycles. The lowest BCUT2D eigenvalue weighted by atomic mass is 9.76. The molecule has 2 saturated heterocycles. The highest BCUT2D eigenvalue weighted by Gasteiger charge is 2.56. The molecule has 1 unspecified atom stereocenters. The number of piperidine rings is 1. The van der Waals surface area contributed by atoms with E-state index < -0.39 is 5.54 Å². The Morgan fingerprint density at radius 2 is 1.89 bits per heavy atom. The lowest BCUT2D eigenvalue weighted by molar-refractivity contribution is -0.150. The van der Waals surface area contributed by atoms with E-state index in [9.17, 15) is 9.59 Å². The average Bonchev–Trinajstić information content (AvgIpc) is 3.00. The molecule has 28 heavy (non-hydrogen) atoms. The van der Waals surface area contributed by atoms with Gasteiger partial charge in [-0.05, 0) is 38.0 Å². The van der Waals surface area contributed by atoms with E-state index in [1.165, 1.54) is 7.11 Å². The molecule has 7 nitrogen and oxygen atoms in total. The maximum Gasteiger partial charge on any atom is 0.311 e. The quantitative estimate of drug-likeness (QED) is 0.693. The summed E-state index contributed by atoms with van der Waals surface area (Å²) < 4.78 is 15.9. The maximum atomic E-state index is 12.5. The molecule has 0 bridgehead atoms. The lowest BCUT2D eigenvalue weighted by Crippen LogP contribution is -2.57. The van der Waals surface area contributed by atoms with Crippen LogP contribution in [0.5, 0.6) is 11.5 Å². The molecule has 2 heterocycles. The van der Waals surface area contributed by atoms with Crippen LogP contribution in [0.3, 0.4) is 0 Å². The van der Waals surface area contributed by atoms with Gasteiger partial charge in [-0.3, -0.25) is 14.5 Å². The van der Waals surface area contributed by atoms with Gasteiger partial charge >= 0.3 is 5.97 Å². The van der Waals surface area contributed by atoms with E-state index in [-0.39, 0.29) is 24.2 Å². The first-order valence-electron chi connectivity index (χ1n) is 9.80. The van der Waals surface area contributed by atoms with Gasteiger partial charge in [0.25, 0.3) is 0 Å². The molecule has 1 aromatic carbocycles. The summed E-state index contributed by atoms with van der Waals surface area (Å²) in [5, 5.41) is 0. The van der Waals surface area contributed by atoms with E-state index >= 15 is 0 Å². The van der Waals surface area contributed by atoms with Crippen molar-refractivity contribution in [2.45, 2.75) is 38.3 Å². The van der Waals surface area contributed by atoms with Crippen LogP contribution in [0.1, 0.15) is 31.7 Å². The number of methoxy groups -OCH3 is 3. The number of carbonyl (C=O) groups excluding carboxylic acids is 2. The largest absolute Gasteiger partial charge is 0.497 e. The monoisotopic (exact) mass is 390 g/mol. The summed E-state index contributed by atoms with van der Waals surface area (Å²) in [6, 6.07) is 5.80. The number of esters is 1. The van der Waals surface area contributed by atoms with Gasteiger partial charge in [-0.1, -0.05) is 0 Å². The molecule has 1 atom stereocenters. The van der Waals surface area contributed by atoms with Crippen LogP contribution >= 0.6 is 0 Å². The summed E-state index contributed by atoms with van der Waals surface area (Å²) in [5.41, 5.74) is 0.644. The second-order valence-corrected chi connectivity index (χ2v) is 7.48. The molecular formula is C21H30N2O5. The molecule has 2 aliphatic rings. The third-order valence-corrected chi connectivity index (χ3v) is 6.27. The highest BCUT2D eigenvalue weighted by Crippen LogP contribution is 2.44. The second kappa shape index (κ2) is 8.39. The SMILES string of the molecule is CCN1C(=O)CC(C(=O)OC)C12CCN(Cc1cc(OC)ccc1OC)CC2. The smallest absolute Gasteiger partial charge is 0.311 e. The van der Waals surface area contributed by atoms with Crippen molar-refractivity contribution in [3.63, 3.8) is 0 Å². The Morgan fingerprint density at radius 3 is 2.46 bits per heavy atom. The molecule has 0 aromatic heterocycles. The molecule has 1 aromatic rings. The highest BCUT2D eigenvalue weighted by molar-refractivity contribution is 5.89. The summed E-state index contributed by atoms with van der Waals surface area (Å²) in [4.78, 5) is 29.1. The predicted octanol–water partition coefficient (Wildman–Crippen LogP) is 2.08. The van der Waals surface area contributed by atoms with Gasteiger partial charge in [0.2, 0.25) is 5.91 Å². The summed E-state index contributed by atoms with van der Waals surface area (Å²) in [5.74, 6) is 1.04. The predicted molar refractivity (Wildman–Crippen MR) is 104 cm³/mol. The molecule has 2 aliphatic heterocycles. The Kier molecular flexibility index (Phi) is 6.13. The normalized spacial score (nSPS) is 21.8. The number of carbonyl (C=O) groups is 2. The molecule has 0 aliphatic carbocycles. The minimum absolute atomic E-state index is 0.0563. The molecule has 1 spiro atoms. The number of amides is 1. The van der Waals surface area contributed by atoms with Crippen molar-refractivity contribution < 1.29 is 23.8 Å². The van der Waals surface area contributed by atoms with E-state index in [0.717, 1.165) is 49.5 Å². The van der Waals surface area contributed by atoms with E-state index in [4.69, 9.17) is 14.2 Å². The van der Waals surface area contributed by atoms with Crippen molar-refractivity contribution in [3.8, 4) is 11.5 Å². The van der Waals surface area contributed by atoms with Gasteiger partial charge in [-0.15, -0.1) is 0 Å². The van der Waals surface area contributed by atoms with Crippen LogP contribution in [-0.4, -0.2) is 68.2 Å². The second-order valence-electron chi connectivity index (χ2n) is 7.48. The summed E-state index contributed by atoms with van der Waals surface area (Å²) in [7, 11) is 4.72. The number of benzene rings is 1. The zero-order valence-electron chi connectivity index (χ0n) is 17.2. The summed E-state index contributed by atoms with van der Waals surface area (Å²) in [6.07, 6.45) is 1.78. The van der Waals surface area contributed by atoms with Gasteiger partial charge in [0.1, 0.15) is 11.5 Å². The Balaban J connectivity index is 1.76. The first-order valence-corrected chi connectivity index (χ1v) is 9.80. The fourth-order valence-corrected chi connectivity index (χ4v) is 4.81. The molecule has 2 fully saturated rings. The minimum atomic E-state index is -0.423. The van der Waals surface area contributed by atoms with Crippen molar-refractivity contribution in [1.82, 2.24) is 9.80 Å². The number of nitrogens with zero attached hydrogens (tertiary/aromatic N) is 2. The van der Waals surface area contributed by atoms with Gasteiger partial charge in [0, 0.05) is 38.2 Å². The Hall–Kier alpha value is -2.28. The van der Waals surface area contributed by atoms with Crippen molar-refractivity contribution in [2.75, 3.05) is 41.0 Å². The first kappa shape index (κ1) is 20.5. The van der Waals surface area contributed by atoms with E-state index in [2.05, 4.69) is 4.90 Å². The highest BCUT2D eigenvalue weighted by atomic mass is 16.5. The van der Waals surface area contributed by atoms with Gasteiger partial charge in [0.15, 0.2) is 0 Å². The summed E-state index contributed by atoms with van der Waals surface area (Å²) >= 11 is 0. The Morgan fingerprint density at radius 1 is 1.18 bits per heavy atom. The van der Waals surface area contributed by atoms with Gasteiger partial charge < -0.3 is 19.1 Å². The van der Waals surface area contributed by atoms with Crippen molar-refractivity contribution in [1.29, 1.82) is 0 Å². The number of rotatable bonds is 6. The number of ether oxygens (including phenoxy) is 3. The number of hydrogen-bond donors (Lipinski definition) is 0. The Bertz CT molecular complexity index is 726. The fraction of sp³-hybridized carbons (Fsp3) is 0.619. The maximum absolute atomic E-state index is 12.5. The van der Waals surface area contributed by atoms with Crippen LogP contribution in [0.25, 0.3) is 0 Å². The van der Waals surface area contributed by atoms with Crippen LogP contribution in [0.2, 0.25) is 0 Å². The molecule has 1 amide bonds. The number of hydrogen-bond acceptors (Lipinski definition) is 6. The third kappa shape index (κ3) is 3.55. The standard InChI is InChI=1S/C21H30N2O5/c1-5-23-19(24)13-17(20(25)28-4)21(23)8-10-22(11-9-21)14-15-12-16(26-2)6-7-18(15)27-3/h6-7,12,17H,5,8-11,13-14H2,1-4H3. The molecule has 0 N–H and O–H groups in total. The minimum Gasteiger partial charge on any atom is -0.497 e. The van der Waals surface area contributed by atoms with Crippen LogP contribution in [0.15, 0.2) is 18.2 Å². The lowest BCUT2D eigenvalue weighted by Gasteiger charge is -2.47. The van der Waals surface area contributed by atoms with Crippen LogP contribution in [0.4, 0.5) is 0 Å². The first-order chi connectivity index (χ1) is 13.5. The van der Waals surface area contributed by atoms with Gasteiger partial charge in [0.05, 0.1) is 32.8 Å². The van der Waals surface area contributed by atoms with Crippen molar-refractivity contribution in [2.24, 2.45) is 5.92 Å². The zero-order chi connectivity index (χ0) is 20.3. The Labute approximate surface area is 166 Å². The van der Waals surface area contributed by atoms with Crippen molar-refractivity contribution >= 4 is 11.9 Å². The van der Waals surface area contributed by atoms with Crippen LogP contribution in [0, 0.1) is 5.92 Å². The van der Waals surface area contributed by atoms with E-state index in [1.54, 1.807) is 14.2 Å².